The van der Waals surface area contributed by atoms with Gasteiger partial charge >= 0.3 is 0 Å². The number of ether oxygens (including phenoxy) is 1. The third-order valence-corrected chi connectivity index (χ3v) is 3.17. The summed E-state index contributed by atoms with van der Waals surface area (Å²) in [6.45, 7) is 5.84. The van der Waals surface area contributed by atoms with Gasteiger partial charge < -0.3 is 10.5 Å². The lowest BCUT2D eigenvalue weighted by molar-refractivity contribution is -0.123. The molecule has 1 aromatic rings. The summed E-state index contributed by atoms with van der Waals surface area (Å²) in [6.07, 6.45) is 0. The lowest BCUT2D eigenvalue weighted by Gasteiger charge is -2.20. The minimum absolute atomic E-state index is 0.256. The van der Waals surface area contributed by atoms with Crippen LogP contribution in [0.25, 0.3) is 0 Å². The smallest absolute Gasteiger partial charge is 0.255 e. The van der Waals surface area contributed by atoms with E-state index < -0.39 is 6.04 Å². The van der Waals surface area contributed by atoms with Crippen LogP contribution in [0.15, 0.2) is 6.07 Å². The van der Waals surface area contributed by atoms with Crippen LogP contribution in [-0.4, -0.2) is 20.1 Å². The molecule has 0 fully saturated rings. The van der Waals surface area contributed by atoms with Gasteiger partial charge in [-0.15, -0.1) is 0 Å². The molecule has 1 atom stereocenters. The molecule has 0 aliphatic rings. The Balaban J connectivity index is 3.25. The fraction of sp³-hybridized carbons (Fsp3) is 0.462. The number of carbonyl (C=O) groups excluding carboxylic acids is 1. The minimum Gasteiger partial charge on any atom is -0.496 e. The number of nitrogens with two attached hydrogens (primary N) is 1. The summed E-state index contributed by atoms with van der Waals surface area (Å²) in [7, 11) is 3.26. The van der Waals surface area contributed by atoms with Crippen LogP contribution in [0.1, 0.15) is 28.3 Å². The summed E-state index contributed by atoms with van der Waals surface area (Å²) >= 11 is 0. The van der Waals surface area contributed by atoms with Gasteiger partial charge in [0.05, 0.1) is 7.11 Å². The second-order valence-electron chi connectivity index (χ2n) is 4.28. The monoisotopic (exact) mass is 251 g/mol. The molecule has 0 aliphatic carbocycles. The number of aryl methyl sites for hydroxylation is 1. The molecule has 1 amide bonds. The Morgan fingerprint density at radius 2 is 1.94 bits per heavy atom. The number of amides is 1. The number of hydrogen-bond acceptors (Lipinski definition) is 4. The molecule has 0 aliphatic heterocycles. The third kappa shape index (κ3) is 2.63. The number of carbonyl (C=O) groups is 1. The highest BCUT2D eigenvalue weighted by Crippen LogP contribution is 2.30. The first-order valence-electron chi connectivity index (χ1n) is 5.80. The topological polar surface area (TPSA) is 76.4 Å². The fourth-order valence-electron chi connectivity index (χ4n) is 2.09. The highest BCUT2D eigenvalue weighted by atomic mass is 16.5. The third-order valence-electron chi connectivity index (χ3n) is 3.17. The lowest BCUT2D eigenvalue weighted by atomic mass is 9.92. The molecule has 1 unspecified atom stereocenters. The van der Waals surface area contributed by atoms with Crippen molar-refractivity contribution in [3.63, 3.8) is 0 Å². The van der Waals surface area contributed by atoms with Crippen molar-refractivity contribution >= 4 is 5.91 Å². The molecule has 0 saturated heterocycles. The van der Waals surface area contributed by atoms with E-state index in [-0.39, 0.29) is 5.91 Å². The van der Waals surface area contributed by atoms with Crippen molar-refractivity contribution in [1.82, 2.24) is 10.9 Å². The van der Waals surface area contributed by atoms with Crippen molar-refractivity contribution in [1.29, 1.82) is 0 Å². The Labute approximate surface area is 108 Å². The number of rotatable bonds is 4. The molecule has 1 aromatic carbocycles. The molecular weight excluding hydrogens is 230 g/mol. The van der Waals surface area contributed by atoms with Crippen molar-refractivity contribution in [2.24, 2.45) is 5.73 Å². The van der Waals surface area contributed by atoms with Crippen molar-refractivity contribution in [2.75, 3.05) is 14.2 Å². The molecule has 100 valence electrons. The van der Waals surface area contributed by atoms with Gasteiger partial charge in [0.15, 0.2) is 0 Å². The number of nitrogens with one attached hydrogen (secondary N) is 2. The van der Waals surface area contributed by atoms with Gasteiger partial charge in [0.25, 0.3) is 5.91 Å². The van der Waals surface area contributed by atoms with Crippen molar-refractivity contribution in [3.05, 3.63) is 28.3 Å². The maximum atomic E-state index is 11.8. The van der Waals surface area contributed by atoms with Crippen molar-refractivity contribution in [3.8, 4) is 5.75 Å². The van der Waals surface area contributed by atoms with E-state index in [4.69, 9.17) is 10.5 Å². The van der Waals surface area contributed by atoms with Crippen LogP contribution in [-0.2, 0) is 4.79 Å². The summed E-state index contributed by atoms with van der Waals surface area (Å²) in [5.74, 6) is 0.559. The zero-order chi connectivity index (χ0) is 13.9. The molecule has 5 heteroatoms. The lowest BCUT2D eigenvalue weighted by Crippen LogP contribution is -2.41. The van der Waals surface area contributed by atoms with Crippen molar-refractivity contribution in [2.45, 2.75) is 26.8 Å². The van der Waals surface area contributed by atoms with Gasteiger partial charge in [-0.3, -0.25) is 10.2 Å². The second-order valence-corrected chi connectivity index (χ2v) is 4.28. The molecule has 1 rings (SSSR count). The molecule has 0 spiro atoms. The normalized spacial score (nSPS) is 12.1. The largest absolute Gasteiger partial charge is 0.496 e. The average Bonchev–Trinajstić information content (AvgIpc) is 2.34. The molecule has 0 radical (unpaired) electrons. The van der Waals surface area contributed by atoms with E-state index >= 15 is 0 Å². The average molecular weight is 251 g/mol. The van der Waals surface area contributed by atoms with Crippen LogP contribution in [0.5, 0.6) is 5.75 Å². The van der Waals surface area contributed by atoms with E-state index in [0.29, 0.717) is 0 Å². The Hall–Kier alpha value is -1.59. The minimum atomic E-state index is -0.693. The molecule has 0 bridgehead atoms. The SMILES string of the molecule is CNNC(=O)C(N)c1c(C)cc(OC)c(C)c1C. The standard InChI is InChI=1S/C13H21N3O2/c1-7-6-10(18-5)8(2)9(3)11(7)12(14)13(17)16-15-4/h6,12,15H,14H2,1-5H3,(H,16,17). The molecule has 0 aromatic heterocycles. The summed E-state index contributed by atoms with van der Waals surface area (Å²) in [6, 6.07) is 1.21. The highest BCUT2D eigenvalue weighted by Gasteiger charge is 2.21. The summed E-state index contributed by atoms with van der Waals surface area (Å²) < 4.78 is 5.30. The van der Waals surface area contributed by atoms with Gasteiger partial charge in [0.2, 0.25) is 0 Å². The first-order valence-corrected chi connectivity index (χ1v) is 5.80. The Kier molecular flexibility index (Phi) is 4.69. The van der Waals surface area contributed by atoms with E-state index in [1.54, 1.807) is 14.2 Å². The van der Waals surface area contributed by atoms with Gasteiger partial charge in [0.1, 0.15) is 11.8 Å². The number of hydrogen-bond donors (Lipinski definition) is 3. The highest BCUT2D eigenvalue weighted by molar-refractivity contribution is 5.83. The van der Waals surface area contributed by atoms with Crippen LogP contribution in [0, 0.1) is 20.8 Å². The molecule has 18 heavy (non-hydrogen) atoms. The van der Waals surface area contributed by atoms with E-state index in [1.165, 1.54) is 0 Å². The fourth-order valence-corrected chi connectivity index (χ4v) is 2.09. The van der Waals surface area contributed by atoms with E-state index in [1.807, 2.05) is 26.8 Å². The summed E-state index contributed by atoms with van der Waals surface area (Å²) in [5, 5.41) is 0. The Morgan fingerprint density at radius 1 is 1.33 bits per heavy atom. The molecule has 4 N–H and O–H groups in total. The van der Waals surface area contributed by atoms with Crippen LogP contribution in [0.2, 0.25) is 0 Å². The molecule has 5 nitrogen and oxygen atoms in total. The Bertz CT molecular complexity index is 458. The van der Waals surface area contributed by atoms with Crippen LogP contribution < -0.4 is 21.3 Å². The van der Waals surface area contributed by atoms with Gasteiger partial charge in [-0.25, -0.2) is 5.43 Å². The van der Waals surface area contributed by atoms with Gasteiger partial charge in [-0.1, -0.05) is 0 Å². The Morgan fingerprint density at radius 3 is 2.44 bits per heavy atom. The maximum absolute atomic E-state index is 11.8. The molecular formula is C13H21N3O2. The van der Waals surface area contributed by atoms with Crippen LogP contribution in [0.4, 0.5) is 0 Å². The zero-order valence-electron chi connectivity index (χ0n) is 11.5. The van der Waals surface area contributed by atoms with Gasteiger partial charge in [-0.2, -0.15) is 0 Å². The quantitative estimate of drug-likeness (QED) is 0.694. The first kappa shape index (κ1) is 14.5. The van der Waals surface area contributed by atoms with Gasteiger partial charge in [0, 0.05) is 7.05 Å². The summed E-state index contributed by atoms with van der Waals surface area (Å²) in [4.78, 5) is 11.8. The van der Waals surface area contributed by atoms with Crippen LogP contribution >= 0.6 is 0 Å². The predicted molar refractivity (Wildman–Crippen MR) is 71.3 cm³/mol. The van der Waals surface area contributed by atoms with Crippen molar-refractivity contribution < 1.29 is 9.53 Å². The number of benzene rings is 1. The van der Waals surface area contributed by atoms with E-state index in [0.717, 1.165) is 28.0 Å². The van der Waals surface area contributed by atoms with Crippen LogP contribution in [0.3, 0.4) is 0 Å². The molecule has 0 saturated carbocycles. The van der Waals surface area contributed by atoms with Gasteiger partial charge in [-0.05, 0) is 49.1 Å². The number of methoxy groups -OCH3 is 1. The summed E-state index contributed by atoms with van der Waals surface area (Å²) in [5.41, 5.74) is 14.9. The maximum Gasteiger partial charge on any atom is 0.255 e. The molecule has 0 heterocycles. The zero-order valence-corrected chi connectivity index (χ0v) is 11.5. The predicted octanol–water partition coefficient (Wildman–Crippen LogP) is 0.871. The van der Waals surface area contributed by atoms with E-state index in [2.05, 4.69) is 10.9 Å². The second kappa shape index (κ2) is 5.84. The van der Waals surface area contributed by atoms with E-state index in [9.17, 15) is 4.79 Å². The number of hydrazine groups is 1. The first-order chi connectivity index (χ1) is 8.43.